The summed E-state index contributed by atoms with van der Waals surface area (Å²) in [6, 6.07) is -0.0591. The maximum atomic E-state index is 11.9. The van der Waals surface area contributed by atoms with E-state index in [4.69, 9.17) is 5.11 Å². The van der Waals surface area contributed by atoms with Gasteiger partial charge in [-0.25, -0.2) is 13.1 Å². The van der Waals surface area contributed by atoms with Crippen LogP contribution in [-0.2, 0) is 14.8 Å². The Morgan fingerprint density at radius 3 is 2.06 bits per heavy atom. The number of aliphatic carboxylic acids is 1. The van der Waals surface area contributed by atoms with Crippen molar-refractivity contribution >= 4 is 16.0 Å². The van der Waals surface area contributed by atoms with Crippen LogP contribution >= 0.6 is 0 Å². The first-order valence-corrected chi connectivity index (χ1v) is 7.77. The van der Waals surface area contributed by atoms with Crippen molar-refractivity contribution in [3.63, 3.8) is 0 Å². The largest absolute Gasteiger partial charge is 0.481 e. The van der Waals surface area contributed by atoms with Crippen LogP contribution in [0.25, 0.3) is 0 Å². The number of carboxylic acid groups (broad SMARTS) is 1. The van der Waals surface area contributed by atoms with E-state index in [0.717, 1.165) is 19.3 Å². The average Bonchev–Trinajstić information content (AvgIpc) is 2.13. The van der Waals surface area contributed by atoms with Crippen molar-refractivity contribution in [2.24, 2.45) is 5.92 Å². The summed E-state index contributed by atoms with van der Waals surface area (Å²) in [5, 5.41) is 8.65. The number of sulfonamides is 1. The number of hydrogen-bond acceptors (Lipinski definition) is 3. The van der Waals surface area contributed by atoms with Gasteiger partial charge in [-0.2, -0.15) is 0 Å². The van der Waals surface area contributed by atoms with Gasteiger partial charge in [-0.3, -0.25) is 4.79 Å². The van der Waals surface area contributed by atoms with Gasteiger partial charge in [-0.1, -0.05) is 6.42 Å². The highest BCUT2D eigenvalue weighted by molar-refractivity contribution is 7.90. The van der Waals surface area contributed by atoms with Crippen LogP contribution in [0.1, 0.15) is 44.9 Å². The van der Waals surface area contributed by atoms with Crippen LogP contribution in [0.3, 0.4) is 0 Å². The van der Waals surface area contributed by atoms with E-state index >= 15 is 0 Å². The van der Waals surface area contributed by atoms with Gasteiger partial charge >= 0.3 is 5.97 Å². The molecule has 0 amide bonds. The van der Waals surface area contributed by atoms with Crippen molar-refractivity contribution in [3.8, 4) is 0 Å². The maximum Gasteiger partial charge on any atom is 0.306 e. The number of carbonyl (C=O) groups is 1. The fourth-order valence-electron chi connectivity index (χ4n) is 2.47. The molecule has 0 aliphatic heterocycles. The van der Waals surface area contributed by atoms with E-state index in [-0.39, 0.29) is 17.2 Å². The minimum Gasteiger partial charge on any atom is -0.481 e. The lowest BCUT2D eigenvalue weighted by Gasteiger charge is -2.31. The second-order valence-electron chi connectivity index (χ2n) is 5.10. The maximum absolute atomic E-state index is 11.9. The lowest BCUT2D eigenvalue weighted by molar-refractivity contribution is -0.142. The summed E-state index contributed by atoms with van der Waals surface area (Å²) >= 11 is 0. The SMILES string of the molecule is O=C(O)C1CCC(NS(=O)(=O)C2CCC2)CC1. The summed E-state index contributed by atoms with van der Waals surface area (Å²) < 4.78 is 26.5. The first-order valence-electron chi connectivity index (χ1n) is 6.23. The van der Waals surface area contributed by atoms with Gasteiger partial charge in [0, 0.05) is 6.04 Å². The lowest BCUT2D eigenvalue weighted by atomic mass is 9.87. The Morgan fingerprint density at radius 1 is 1.06 bits per heavy atom. The van der Waals surface area contributed by atoms with E-state index in [0.29, 0.717) is 25.7 Å². The van der Waals surface area contributed by atoms with Gasteiger partial charge in [0.25, 0.3) is 0 Å². The molecule has 6 heteroatoms. The number of nitrogens with one attached hydrogen (secondary N) is 1. The summed E-state index contributed by atoms with van der Waals surface area (Å²) in [6.45, 7) is 0. The molecule has 2 N–H and O–H groups in total. The Kier molecular flexibility index (Phi) is 3.73. The van der Waals surface area contributed by atoms with Gasteiger partial charge in [0.1, 0.15) is 0 Å². The molecule has 0 atom stereocenters. The fraction of sp³-hybridized carbons (Fsp3) is 0.909. The van der Waals surface area contributed by atoms with E-state index < -0.39 is 16.0 Å². The van der Waals surface area contributed by atoms with E-state index in [1.54, 1.807) is 0 Å². The minimum atomic E-state index is -3.16. The Morgan fingerprint density at radius 2 is 1.65 bits per heavy atom. The van der Waals surface area contributed by atoms with Crippen LogP contribution in [0, 0.1) is 5.92 Å². The molecule has 2 saturated carbocycles. The Labute approximate surface area is 102 Å². The van der Waals surface area contributed by atoms with Crippen LogP contribution in [0.15, 0.2) is 0 Å². The number of rotatable bonds is 4. The molecular formula is C11H19NO4S. The van der Waals surface area contributed by atoms with Crippen molar-refractivity contribution < 1.29 is 18.3 Å². The second kappa shape index (κ2) is 4.94. The molecular weight excluding hydrogens is 242 g/mol. The van der Waals surface area contributed by atoms with Crippen molar-refractivity contribution in [1.82, 2.24) is 4.72 Å². The zero-order chi connectivity index (χ0) is 12.5. The highest BCUT2D eigenvalue weighted by atomic mass is 32.2. The fourth-order valence-corrected chi connectivity index (χ4v) is 4.31. The van der Waals surface area contributed by atoms with Crippen LogP contribution < -0.4 is 4.72 Å². The molecule has 2 fully saturated rings. The smallest absolute Gasteiger partial charge is 0.306 e. The van der Waals surface area contributed by atoms with E-state index in [2.05, 4.69) is 4.72 Å². The number of carboxylic acids is 1. The highest BCUT2D eigenvalue weighted by Gasteiger charge is 2.34. The van der Waals surface area contributed by atoms with Crippen LogP contribution in [0.4, 0.5) is 0 Å². The van der Waals surface area contributed by atoms with Gasteiger partial charge in [0.05, 0.1) is 11.2 Å². The average molecular weight is 261 g/mol. The zero-order valence-electron chi connectivity index (χ0n) is 9.76. The molecule has 2 rings (SSSR count). The molecule has 0 radical (unpaired) electrons. The summed E-state index contributed by atoms with van der Waals surface area (Å²) in [7, 11) is -3.16. The quantitative estimate of drug-likeness (QED) is 0.794. The third-order valence-corrected chi connectivity index (χ3v) is 5.91. The standard InChI is InChI=1S/C11H19NO4S/c13-11(14)8-4-6-9(7-5-8)12-17(15,16)10-2-1-3-10/h8-10,12H,1-7H2,(H,13,14). The van der Waals surface area contributed by atoms with Gasteiger partial charge in [-0.15, -0.1) is 0 Å². The molecule has 0 bridgehead atoms. The van der Waals surface area contributed by atoms with E-state index in [1.165, 1.54) is 0 Å². The lowest BCUT2D eigenvalue weighted by Crippen LogP contribution is -2.45. The molecule has 98 valence electrons. The first-order chi connectivity index (χ1) is 7.99. The van der Waals surface area contributed by atoms with Crippen LogP contribution in [-0.4, -0.2) is 30.8 Å². The number of hydrogen-bond donors (Lipinski definition) is 2. The van der Waals surface area contributed by atoms with Gasteiger partial charge in [0.15, 0.2) is 0 Å². The van der Waals surface area contributed by atoms with Crippen molar-refractivity contribution in [2.45, 2.75) is 56.2 Å². The van der Waals surface area contributed by atoms with E-state index in [9.17, 15) is 13.2 Å². The third kappa shape index (κ3) is 2.98. The molecule has 2 aliphatic rings. The molecule has 0 aromatic heterocycles. The zero-order valence-corrected chi connectivity index (χ0v) is 10.6. The third-order valence-electron chi connectivity index (χ3n) is 3.90. The van der Waals surface area contributed by atoms with Gasteiger partial charge in [0.2, 0.25) is 10.0 Å². The Bertz CT molecular complexity index is 380. The summed E-state index contributed by atoms with van der Waals surface area (Å²) in [5.74, 6) is -1.05. The van der Waals surface area contributed by atoms with Crippen molar-refractivity contribution in [1.29, 1.82) is 0 Å². The molecule has 0 heterocycles. The second-order valence-corrected chi connectivity index (χ2v) is 7.09. The van der Waals surface area contributed by atoms with Crippen LogP contribution in [0.5, 0.6) is 0 Å². The first kappa shape index (κ1) is 12.8. The monoisotopic (exact) mass is 261 g/mol. The minimum absolute atomic E-state index is 0.0591. The molecule has 0 unspecified atom stereocenters. The normalized spacial score (nSPS) is 30.8. The molecule has 0 aromatic rings. The van der Waals surface area contributed by atoms with Crippen molar-refractivity contribution in [3.05, 3.63) is 0 Å². The molecule has 0 spiro atoms. The molecule has 5 nitrogen and oxygen atoms in total. The Balaban J connectivity index is 1.83. The van der Waals surface area contributed by atoms with E-state index in [1.807, 2.05) is 0 Å². The molecule has 17 heavy (non-hydrogen) atoms. The topological polar surface area (TPSA) is 83.5 Å². The Hall–Kier alpha value is -0.620. The predicted octanol–water partition coefficient (Wildman–Crippen LogP) is 1.10. The molecule has 2 aliphatic carbocycles. The van der Waals surface area contributed by atoms with Crippen molar-refractivity contribution in [2.75, 3.05) is 0 Å². The highest BCUT2D eigenvalue weighted by Crippen LogP contribution is 2.28. The van der Waals surface area contributed by atoms with Crippen LogP contribution in [0.2, 0.25) is 0 Å². The summed E-state index contributed by atoms with van der Waals surface area (Å²) in [4.78, 5) is 10.8. The molecule has 0 saturated heterocycles. The summed E-state index contributed by atoms with van der Waals surface area (Å²) in [5.41, 5.74) is 0. The predicted molar refractivity (Wildman–Crippen MR) is 63.1 cm³/mol. The summed E-state index contributed by atoms with van der Waals surface area (Å²) in [6.07, 6.45) is 4.96. The van der Waals surface area contributed by atoms with Gasteiger partial charge in [-0.05, 0) is 38.5 Å². The van der Waals surface area contributed by atoms with Gasteiger partial charge < -0.3 is 5.11 Å². The molecule has 0 aromatic carbocycles.